The summed E-state index contributed by atoms with van der Waals surface area (Å²) in [5.74, 6) is 0.478. The first-order chi connectivity index (χ1) is 11.6. The van der Waals surface area contributed by atoms with Gasteiger partial charge in [0.25, 0.3) is 5.91 Å². The predicted octanol–water partition coefficient (Wildman–Crippen LogP) is 3.12. The quantitative estimate of drug-likeness (QED) is 0.733. The van der Waals surface area contributed by atoms with E-state index in [0.717, 1.165) is 12.8 Å². The minimum atomic E-state index is -0.560. The van der Waals surface area contributed by atoms with Crippen LogP contribution in [-0.4, -0.2) is 30.3 Å². The van der Waals surface area contributed by atoms with Gasteiger partial charge in [-0.1, -0.05) is 30.3 Å². The van der Waals surface area contributed by atoms with Crippen molar-refractivity contribution in [3.05, 3.63) is 65.2 Å². The molecule has 0 aromatic heterocycles. The predicted molar refractivity (Wildman–Crippen MR) is 95.5 cm³/mol. The molecule has 1 atom stereocenters. The van der Waals surface area contributed by atoms with Crippen LogP contribution in [0.25, 0.3) is 0 Å². The second-order valence-electron chi connectivity index (χ2n) is 5.97. The summed E-state index contributed by atoms with van der Waals surface area (Å²) in [5, 5.41) is 11.9. The highest BCUT2D eigenvalue weighted by atomic mass is 16.5. The van der Waals surface area contributed by atoms with E-state index in [1.165, 1.54) is 11.1 Å². The summed E-state index contributed by atoms with van der Waals surface area (Å²) in [5.41, 5.74) is 3.17. The number of carbonyl (C=O) groups is 1. The Labute approximate surface area is 143 Å². The lowest BCUT2D eigenvalue weighted by Gasteiger charge is -2.10. The Balaban J connectivity index is 1.82. The number of aliphatic hydroxyl groups excluding tert-OH is 1. The Kier molecular flexibility index (Phi) is 6.82. The van der Waals surface area contributed by atoms with Crippen LogP contribution in [0.15, 0.2) is 48.5 Å². The molecular formula is C20H25NO3. The minimum absolute atomic E-state index is 0.207. The Morgan fingerprint density at radius 1 is 1.21 bits per heavy atom. The molecule has 4 heteroatoms. The topological polar surface area (TPSA) is 58.6 Å². The second-order valence-corrected chi connectivity index (χ2v) is 5.97. The van der Waals surface area contributed by atoms with Crippen molar-refractivity contribution in [1.29, 1.82) is 0 Å². The van der Waals surface area contributed by atoms with Crippen molar-refractivity contribution >= 4 is 5.91 Å². The van der Waals surface area contributed by atoms with E-state index in [-0.39, 0.29) is 12.5 Å². The van der Waals surface area contributed by atoms with Gasteiger partial charge in [0.1, 0.15) is 5.75 Å². The first-order valence-corrected chi connectivity index (χ1v) is 8.30. The maximum absolute atomic E-state index is 12.0. The van der Waals surface area contributed by atoms with Crippen LogP contribution in [0.3, 0.4) is 0 Å². The summed E-state index contributed by atoms with van der Waals surface area (Å²) in [4.78, 5) is 12.0. The number of carbonyl (C=O) groups excluding carboxylic acids is 1. The standard InChI is InChI=1S/C20H25NO3/c1-15-7-3-4-8-17(15)10-6-12-24-19-11-5-9-18(13-19)20(23)21-14-16(2)22/h3-5,7-9,11,13,16,22H,6,10,12,14H2,1-2H3,(H,21,23)/t16-/m1/s1. The molecule has 128 valence electrons. The number of hydrogen-bond donors (Lipinski definition) is 2. The SMILES string of the molecule is Cc1ccccc1CCCOc1cccc(C(=O)NC[C@@H](C)O)c1. The summed E-state index contributed by atoms with van der Waals surface area (Å²) in [6, 6.07) is 15.5. The van der Waals surface area contributed by atoms with Crippen molar-refractivity contribution in [3.63, 3.8) is 0 Å². The average molecular weight is 327 g/mol. The van der Waals surface area contributed by atoms with Crippen LogP contribution in [0.1, 0.15) is 34.8 Å². The third kappa shape index (κ3) is 5.70. The molecule has 24 heavy (non-hydrogen) atoms. The molecular weight excluding hydrogens is 302 g/mol. The van der Waals surface area contributed by atoms with Gasteiger partial charge in [0.2, 0.25) is 0 Å². The van der Waals surface area contributed by atoms with Gasteiger partial charge < -0.3 is 15.2 Å². The van der Waals surface area contributed by atoms with Gasteiger partial charge in [0.15, 0.2) is 0 Å². The minimum Gasteiger partial charge on any atom is -0.494 e. The van der Waals surface area contributed by atoms with Crippen LogP contribution in [-0.2, 0) is 6.42 Å². The van der Waals surface area contributed by atoms with Crippen molar-refractivity contribution in [3.8, 4) is 5.75 Å². The lowest BCUT2D eigenvalue weighted by Crippen LogP contribution is -2.30. The molecule has 2 aromatic carbocycles. The summed E-state index contributed by atoms with van der Waals surface area (Å²) in [7, 11) is 0. The Bertz CT molecular complexity index is 667. The third-order valence-electron chi connectivity index (χ3n) is 3.77. The van der Waals surface area contributed by atoms with Crippen molar-refractivity contribution < 1.29 is 14.6 Å². The highest BCUT2D eigenvalue weighted by molar-refractivity contribution is 5.94. The summed E-state index contributed by atoms with van der Waals surface area (Å²) >= 11 is 0. The molecule has 0 fully saturated rings. The van der Waals surface area contributed by atoms with Gasteiger partial charge in [0, 0.05) is 12.1 Å². The van der Waals surface area contributed by atoms with Crippen LogP contribution in [0, 0.1) is 6.92 Å². The molecule has 0 saturated carbocycles. The van der Waals surface area contributed by atoms with Crippen LogP contribution >= 0.6 is 0 Å². The molecule has 1 amide bonds. The van der Waals surface area contributed by atoms with E-state index in [1.54, 1.807) is 25.1 Å². The molecule has 4 nitrogen and oxygen atoms in total. The molecule has 0 aliphatic rings. The van der Waals surface area contributed by atoms with Crippen LogP contribution in [0.2, 0.25) is 0 Å². The molecule has 2 aromatic rings. The molecule has 0 aliphatic carbocycles. The smallest absolute Gasteiger partial charge is 0.251 e. The lowest BCUT2D eigenvalue weighted by atomic mass is 10.0. The summed E-state index contributed by atoms with van der Waals surface area (Å²) in [6.45, 7) is 4.59. The molecule has 0 heterocycles. The fourth-order valence-corrected chi connectivity index (χ4v) is 2.41. The monoisotopic (exact) mass is 327 g/mol. The number of hydrogen-bond acceptors (Lipinski definition) is 3. The van der Waals surface area contributed by atoms with Crippen LogP contribution in [0.5, 0.6) is 5.75 Å². The molecule has 2 N–H and O–H groups in total. The third-order valence-corrected chi connectivity index (χ3v) is 3.77. The molecule has 0 bridgehead atoms. The number of benzene rings is 2. The largest absolute Gasteiger partial charge is 0.494 e. The summed E-state index contributed by atoms with van der Waals surface area (Å²) in [6.07, 6.45) is 1.33. The molecule has 0 aliphatic heterocycles. The maximum atomic E-state index is 12.0. The number of rotatable bonds is 8. The highest BCUT2D eigenvalue weighted by Gasteiger charge is 2.07. The fourth-order valence-electron chi connectivity index (χ4n) is 2.41. The normalized spacial score (nSPS) is 11.8. The number of aryl methyl sites for hydroxylation is 2. The number of amides is 1. The zero-order valence-electron chi connectivity index (χ0n) is 14.3. The van der Waals surface area contributed by atoms with Crippen molar-refractivity contribution in [1.82, 2.24) is 5.32 Å². The molecule has 2 rings (SSSR count). The maximum Gasteiger partial charge on any atom is 0.251 e. The van der Waals surface area contributed by atoms with Gasteiger partial charge >= 0.3 is 0 Å². The van der Waals surface area contributed by atoms with Crippen molar-refractivity contribution in [2.24, 2.45) is 0 Å². The van der Waals surface area contributed by atoms with E-state index in [4.69, 9.17) is 4.74 Å². The van der Waals surface area contributed by atoms with Crippen LogP contribution < -0.4 is 10.1 Å². The highest BCUT2D eigenvalue weighted by Crippen LogP contribution is 2.15. The van der Waals surface area contributed by atoms with E-state index in [9.17, 15) is 9.90 Å². The molecule has 0 unspecified atom stereocenters. The van der Waals surface area contributed by atoms with E-state index < -0.39 is 6.10 Å². The van der Waals surface area contributed by atoms with Gasteiger partial charge in [-0.2, -0.15) is 0 Å². The Morgan fingerprint density at radius 3 is 2.75 bits per heavy atom. The van der Waals surface area contributed by atoms with Crippen LogP contribution in [0.4, 0.5) is 0 Å². The summed E-state index contributed by atoms with van der Waals surface area (Å²) < 4.78 is 5.75. The van der Waals surface area contributed by atoms with E-state index in [1.807, 2.05) is 12.1 Å². The van der Waals surface area contributed by atoms with E-state index in [0.29, 0.717) is 17.9 Å². The van der Waals surface area contributed by atoms with Gasteiger partial charge in [0.05, 0.1) is 12.7 Å². The number of nitrogens with one attached hydrogen (secondary N) is 1. The Hall–Kier alpha value is -2.33. The molecule has 0 radical (unpaired) electrons. The van der Waals surface area contributed by atoms with Gasteiger partial charge in [-0.3, -0.25) is 4.79 Å². The van der Waals surface area contributed by atoms with E-state index in [2.05, 4.69) is 30.4 Å². The fraction of sp³-hybridized carbons (Fsp3) is 0.350. The van der Waals surface area contributed by atoms with Gasteiger partial charge in [-0.25, -0.2) is 0 Å². The van der Waals surface area contributed by atoms with E-state index >= 15 is 0 Å². The molecule has 0 saturated heterocycles. The zero-order chi connectivity index (χ0) is 17.4. The van der Waals surface area contributed by atoms with Crippen molar-refractivity contribution in [2.75, 3.05) is 13.2 Å². The number of aliphatic hydroxyl groups is 1. The molecule has 0 spiro atoms. The average Bonchev–Trinajstić information content (AvgIpc) is 2.58. The lowest BCUT2D eigenvalue weighted by molar-refractivity contribution is 0.0923. The Morgan fingerprint density at radius 2 is 2.00 bits per heavy atom. The second kappa shape index (κ2) is 9.08. The van der Waals surface area contributed by atoms with Gasteiger partial charge in [-0.05, 0) is 56.0 Å². The first-order valence-electron chi connectivity index (χ1n) is 8.30. The van der Waals surface area contributed by atoms with Crippen molar-refractivity contribution in [2.45, 2.75) is 32.8 Å². The van der Waals surface area contributed by atoms with Gasteiger partial charge in [-0.15, -0.1) is 0 Å². The first kappa shape index (κ1) is 18.0. The zero-order valence-corrected chi connectivity index (χ0v) is 14.3. The number of ether oxygens (including phenoxy) is 1.